The van der Waals surface area contributed by atoms with Gasteiger partial charge >= 0.3 is 0 Å². The fourth-order valence-electron chi connectivity index (χ4n) is 2.11. The molecule has 0 saturated carbocycles. The molecule has 0 radical (unpaired) electrons. The molecule has 3 rings (SSSR count). The van der Waals surface area contributed by atoms with Gasteiger partial charge in [-0.1, -0.05) is 11.6 Å². The quantitative estimate of drug-likeness (QED) is 0.734. The van der Waals surface area contributed by atoms with Crippen LogP contribution >= 0.6 is 11.6 Å². The number of aromatic nitrogens is 2. The number of hydrogen-bond donors (Lipinski definition) is 1. The van der Waals surface area contributed by atoms with Gasteiger partial charge < -0.3 is 9.51 Å². The van der Waals surface area contributed by atoms with E-state index >= 15 is 0 Å². The Kier molecular flexibility index (Phi) is 2.68. The molecule has 0 aliphatic carbocycles. The molecule has 0 spiro atoms. The van der Waals surface area contributed by atoms with Gasteiger partial charge in [0.1, 0.15) is 17.2 Å². The summed E-state index contributed by atoms with van der Waals surface area (Å²) in [6.07, 6.45) is 5.26. The van der Waals surface area contributed by atoms with Crippen LogP contribution in [0.2, 0.25) is 5.02 Å². The molecule has 2 aromatic heterocycles. The third kappa shape index (κ3) is 1.94. The second kappa shape index (κ2) is 4.24. The van der Waals surface area contributed by atoms with Crippen LogP contribution in [0.5, 0.6) is 5.75 Å². The molecule has 0 aliphatic rings. The summed E-state index contributed by atoms with van der Waals surface area (Å²) in [6, 6.07) is 4.28. The second-order valence-electron chi connectivity index (χ2n) is 4.35. The van der Waals surface area contributed by atoms with Crippen molar-refractivity contribution in [1.29, 1.82) is 0 Å². The van der Waals surface area contributed by atoms with E-state index in [0.717, 1.165) is 17.3 Å². The summed E-state index contributed by atoms with van der Waals surface area (Å²) in [5, 5.41) is 9.50. The highest BCUT2D eigenvalue weighted by Gasteiger charge is 2.12. The van der Waals surface area contributed by atoms with Crippen LogP contribution in [-0.2, 0) is 0 Å². The first-order chi connectivity index (χ1) is 9.06. The first-order valence-corrected chi connectivity index (χ1v) is 6.06. The van der Waals surface area contributed by atoms with Crippen molar-refractivity contribution in [3.05, 3.63) is 53.2 Å². The van der Waals surface area contributed by atoms with E-state index in [2.05, 4.69) is 4.98 Å². The predicted molar refractivity (Wildman–Crippen MR) is 72.0 cm³/mol. The molecule has 3 aromatic rings. The van der Waals surface area contributed by atoms with Gasteiger partial charge in [0.05, 0.1) is 5.02 Å². The van der Waals surface area contributed by atoms with Gasteiger partial charge in [-0.05, 0) is 24.6 Å². The van der Waals surface area contributed by atoms with Crippen LogP contribution in [0.4, 0.5) is 4.39 Å². The van der Waals surface area contributed by atoms with Crippen molar-refractivity contribution in [1.82, 2.24) is 9.38 Å². The Morgan fingerprint density at radius 1 is 1.32 bits per heavy atom. The largest absolute Gasteiger partial charge is 0.506 e. The standard InChI is InChI=1S/C14H10ClFN2O/c1-8-4-9(7-18-3-2-17-14(8)18)10-5-11(15)13(19)6-12(10)16/h2-7,19H,1H3. The minimum absolute atomic E-state index is 0.125. The minimum Gasteiger partial charge on any atom is -0.506 e. The zero-order valence-electron chi connectivity index (χ0n) is 10.1. The maximum atomic E-state index is 13.9. The smallest absolute Gasteiger partial charge is 0.139 e. The summed E-state index contributed by atoms with van der Waals surface area (Å²) in [4.78, 5) is 4.21. The summed E-state index contributed by atoms with van der Waals surface area (Å²) >= 11 is 5.84. The lowest BCUT2D eigenvalue weighted by atomic mass is 10.1. The normalized spacial score (nSPS) is 11.1. The molecule has 1 aromatic carbocycles. The Hall–Kier alpha value is -2.07. The van der Waals surface area contributed by atoms with Crippen LogP contribution in [-0.4, -0.2) is 14.5 Å². The molecular weight excluding hydrogens is 267 g/mol. The first-order valence-electron chi connectivity index (χ1n) is 5.68. The zero-order chi connectivity index (χ0) is 13.6. The van der Waals surface area contributed by atoms with E-state index in [1.54, 1.807) is 18.6 Å². The Morgan fingerprint density at radius 3 is 2.89 bits per heavy atom. The van der Waals surface area contributed by atoms with Gasteiger partial charge in [-0.15, -0.1) is 0 Å². The lowest BCUT2D eigenvalue weighted by Crippen LogP contribution is -1.92. The SMILES string of the molecule is Cc1cc(-c2cc(Cl)c(O)cc2F)cn2ccnc12. The molecule has 3 nitrogen and oxygen atoms in total. The van der Waals surface area contributed by atoms with Crippen molar-refractivity contribution in [2.24, 2.45) is 0 Å². The Labute approximate surface area is 113 Å². The number of aromatic hydroxyl groups is 1. The Balaban J connectivity index is 2.27. The van der Waals surface area contributed by atoms with Gasteiger partial charge in [0, 0.05) is 35.8 Å². The number of pyridine rings is 1. The van der Waals surface area contributed by atoms with E-state index in [1.807, 2.05) is 17.4 Å². The van der Waals surface area contributed by atoms with Crippen LogP contribution in [0.1, 0.15) is 5.56 Å². The van der Waals surface area contributed by atoms with Crippen LogP contribution in [0, 0.1) is 12.7 Å². The molecule has 2 heterocycles. The number of aryl methyl sites for hydroxylation is 1. The molecule has 19 heavy (non-hydrogen) atoms. The lowest BCUT2D eigenvalue weighted by Gasteiger charge is -2.08. The molecule has 0 fully saturated rings. The summed E-state index contributed by atoms with van der Waals surface area (Å²) in [5.41, 5.74) is 2.80. The number of phenols is 1. The number of hydrogen-bond acceptors (Lipinski definition) is 2. The molecule has 0 saturated heterocycles. The molecule has 0 unspecified atom stereocenters. The highest BCUT2D eigenvalue weighted by molar-refractivity contribution is 6.32. The van der Waals surface area contributed by atoms with Gasteiger partial charge in [-0.3, -0.25) is 0 Å². The minimum atomic E-state index is -0.513. The molecule has 0 amide bonds. The molecule has 0 atom stereocenters. The van der Waals surface area contributed by atoms with Crippen LogP contribution in [0.25, 0.3) is 16.8 Å². The maximum Gasteiger partial charge on any atom is 0.139 e. The monoisotopic (exact) mass is 276 g/mol. The number of rotatable bonds is 1. The van der Waals surface area contributed by atoms with Crippen molar-refractivity contribution >= 4 is 17.2 Å². The van der Waals surface area contributed by atoms with E-state index in [1.165, 1.54) is 6.07 Å². The third-order valence-electron chi connectivity index (χ3n) is 3.02. The molecule has 0 aliphatic heterocycles. The van der Waals surface area contributed by atoms with E-state index in [9.17, 15) is 9.50 Å². The number of fused-ring (bicyclic) bond motifs is 1. The second-order valence-corrected chi connectivity index (χ2v) is 4.76. The average Bonchev–Trinajstić information content (AvgIpc) is 2.82. The van der Waals surface area contributed by atoms with E-state index in [4.69, 9.17) is 11.6 Å². The van der Waals surface area contributed by atoms with E-state index < -0.39 is 5.82 Å². The predicted octanol–water partition coefficient (Wildman–Crippen LogP) is 3.81. The molecular formula is C14H10ClFN2O. The molecule has 1 N–H and O–H groups in total. The topological polar surface area (TPSA) is 37.5 Å². The number of nitrogens with zero attached hydrogens (tertiary/aromatic N) is 2. The highest BCUT2D eigenvalue weighted by Crippen LogP contribution is 2.32. The van der Waals surface area contributed by atoms with Gasteiger partial charge in [-0.2, -0.15) is 0 Å². The highest BCUT2D eigenvalue weighted by atomic mass is 35.5. The van der Waals surface area contributed by atoms with Crippen LogP contribution in [0.3, 0.4) is 0 Å². The summed E-state index contributed by atoms with van der Waals surface area (Å²) in [6.45, 7) is 1.91. The first kappa shape index (κ1) is 12.0. The average molecular weight is 277 g/mol. The van der Waals surface area contributed by atoms with Gasteiger partial charge in [-0.25, -0.2) is 9.37 Å². The fraction of sp³-hybridized carbons (Fsp3) is 0.0714. The van der Waals surface area contributed by atoms with Crippen molar-refractivity contribution in [3.63, 3.8) is 0 Å². The summed E-state index contributed by atoms with van der Waals surface area (Å²) in [5.74, 6) is -0.774. The summed E-state index contributed by atoms with van der Waals surface area (Å²) in [7, 11) is 0. The Morgan fingerprint density at radius 2 is 2.11 bits per heavy atom. The maximum absolute atomic E-state index is 13.9. The zero-order valence-corrected chi connectivity index (χ0v) is 10.8. The van der Waals surface area contributed by atoms with E-state index in [-0.39, 0.29) is 10.8 Å². The third-order valence-corrected chi connectivity index (χ3v) is 3.32. The van der Waals surface area contributed by atoms with Gasteiger partial charge in [0.25, 0.3) is 0 Å². The molecule has 0 bridgehead atoms. The van der Waals surface area contributed by atoms with Crippen molar-refractivity contribution in [3.8, 4) is 16.9 Å². The van der Waals surface area contributed by atoms with Crippen molar-refractivity contribution < 1.29 is 9.50 Å². The number of halogens is 2. The van der Waals surface area contributed by atoms with Crippen molar-refractivity contribution in [2.45, 2.75) is 6.92 Å². The number of benzene rings is 1. The van der Waals surface area contributed by atoms with Crippen LogP contribution in [0.15, 0.2) is 36.8 Å². The molecule has 96 valence electrons. The van der Waals surface area contributed by atoms with Crippen molar-refractivity contribution in [2.75, 3.05) is 0 Å². The van der Waals surface area contributed by atoms with E-state index in [0.29, 0.717) is 11.1 Å². The van der Waals surface area contributed by atoms with Gasteiger partial charge in [0.2, 0.25) is 0 Å². The van der Waals surface area contributed by atoms with Crippen LogP contribution < -0.4 is 0 Å². The Bertz CT molecular complexity index is 782. The number of phenolic OH excluding ortho intramolecular Hbond substituents is 1. The number of imidazole rings is 1. The lowest BCUT2D eigenvalue weighted by molar-refractivity contribution is 0.469. The van der Waals surface area contributed by atoms with Gasteiger partial charge in [0.15, 0.2) is 0 Å². The molecule has 5 heteroatoms. The fourth-order valence-corrected chi connectivity index (χ4v) is 2.28. The summed E-state index contributed by atoms with van der Waals surface area (Å²) < 4.78 is 15.8.